The van der Waals surface area contributed by atoms with Crippen LogP contribution in [0.3, 0.4) is 0 Å². The monoisotopic (exact) mass is 305 g/mol. The lowest BCUT2D eigenvalue weighted by Crippen LogP contribution is -2.34. The molecule has 0 saturated heterocycles. The number of hydrogen-bond acceptors (Lipinski definition) is 3. The highest BCUT2D eigenvalue weighted by atomic mass is 16.5. The Hall–Kier alpha value is -1.71. The Kier molecular flexibility index (Phi) is 5.69. The minimum absolute atomic E-state index is 0.0826. The van der Waals surface area contributed by atoms with Gasteiger partial charge in [-0.15, -0.1) is 0 Å². The number of hydrogen-bond donors (Lipinski definition) is 0. The number of carbonyl (C=O) groups excluding carboxylic acids is 1. The predicted molar refractivity (Wildman–Crippen MR) is 87.4 cm³/mol. The minimum atomic E-state index is 0.0826. The van der Waals surface area contributed by atoms with E-state index in [1.807, 2.05) is 24.0 Å². The topological polar surface area (TPSA) is 38.8 Å². The summed E-state index contributed by atoms with van der Waals surface area (Å²) in [6.07, 6.45) is 3.97. The van der Waals surface area contributed by atoms with Crippen LogP contribution >= 0.6 is 0 Å². The van der Waals surface area contributed by atoms with Crippen LogP contribution < -0.4 is 9.47 Å². The molecule has 2 rings (SSSR count). The van der Waals surface area contributed by atoms with E-state index in [0.717, 1.165) is 43.7 Å². The van der Waals surface area contributed by atoms with Crippen molar-refractivity contribution in [1.29, 1.82) is 0 Å². The van der Waals surface area contributed by atoms with E-state index in [0.29, 0.717) is 6.54 Å². The van der Waals surface area contributed by atoms with Crippen LogP contribution in [0.1, 0.15) is 44.2 Å². The van der Waals surface area contributed by atoms with Crippen LogP contribution in [0.2, 0.25) is 0 Å². The summed E-state index contributed by atoms with van der Waals surface area (Å²) >= 11 is 0. The first-order valence-corrected chi connectivity index (χ1v) is 8.17. The van der Waals surface area contributed by atoms with Gasteiger partial charge in [0.05, 0.1) is 14.2 Å². The number of methoxy groups -OCH3 is 2. The average Bonchev–Trinajstić information content (AvgIpc) is 2.67. The molecule has 1 aliphatic rings. The highest BCUT2D eigenvalue weighted by Gasteiger charge is 2.29. The van der Waals surface area contributed by atoms with Gasteiger partial charge in [-0.25, -0.2) is 0 Å². The Morgan fingerprint density at radius 2 is 1.77 bits per heavy atom. The molecule has 0 saturated carbocycles. The normalized spacial score (nSPS) is 17.9. The van der Waals surface area contributed by atoms with Crippen LogP contribution in [0.15, 0.2) is 12.1 Å². The van der Waals surface area contributed by atoms with Crippen molar-refractivity contribution in [1.82, 2.24) is 4.90 Å². The van der Waals surface area contributed by atoms with Gasteiger partial charge in [0, 0.05) is 19.0 Å². The number of fused-ring (bicyclic) bond motifs is 1. The second-order valence-electron chi connectivity index (χ2n) is 5.87. The Bertz CT molecular complexity index is 527. The first-order valence-electron chi connectivity index (χ1n) is 8.17. The molecule has 1 aromatic rings. The summed E-state index contributed by atoms with van der Waals surface area (Å²) in [4.78, 5) is 14.7. The molecule has 1 heterocycles. The molecular weight excluding hydrogens is 278 g/mol. The highest BCUT2D eigenvalue weighted by Crippen LogP contribution is 2.35. The van der Waals surface area contributed by atoms with Gasteiger partial charge in [0.15, 0.2) is 11.5 Å². The average molecular weight is 305 g/mol. The summed E-state index contributed by atoms with van der Waals surface area (Å²) < 4.78 is 10.8. The van der Waals surface area contributed by atoms with Gasteiger partial charge in [0.25, 0.3) is 0 Å². The molecule has 22 heavy (non-hydrogen) atoms. The number of amides is 1. The standard InChI is InChI=1S/C18H27NO3/c1-5-7-8-13-9-14-10-16(21-3)17(22-4)11-15(14)12-19(6-2)18(13)20/h10-11,13H,5-9,12H2,1-4H3. The van der Waals surface area contributed by atoms with Crippen molar-refractivity contribution in [3.63, 3.8) is 0 Å². The van der Waals surface area contributed by atoms with E-state index in [2.05, 4.69) is 6.92 Å². The molecular formula is C18H27NO3. The first-order chi connectivity index (χ1) is 10.6. The summed E-state index contributed by atoms with van der Waals surface area (Å²) in [5.74, 6) is 1.84. The summed E-state index contributed by atoms with van der Waals surface area (Å²) in [6.45, 7) is 5.62. The third-order valence-electron chi connectivity index (χ3n) is 4.48. The van der Waals surface area contributed by atoms with E-state index >= 15 is 0 Å². The van der Waals surface area contributed by atoms with E-state index in [1.54, 1.807) is 14.2 Å². The van der Waals surface area contributed by atoms with E-state index in [4.69, 9.17) is 9.47 Å². The minimum Gasteiger partial charge on any atom is -0.493 e. The van der Waals surface area contributed by atoms with Gasteiger partial charge in [-0.2, -0.15) is 0 Å². The molecule has 0 spiro atoms. The van der Waals surface area contributed by atoms with Gasteiger partial charge in [-0.1, -0.05) is 19.8 Å². The molecule has 0 fully saturated rings. The van der Waals surface area contributed by atoms with Crippen molar-refractivity contribution in [2.24, 2.45) is 5.92 Å². The first kappa shape index (κ1) is 16.7. The van der Waals surface area contributed by atoms with Crippen LogP contribution in [0, 0.1) is 5.92 Å². The third kappa shape index (κ3) is 3.37. The van der Waals surface area contributed by atoms with Gasteiger partial charge in [0.1, 0.15) is 0 Å². The quantitative estimate of drug-likeness (QED) is 0.808. The zero-order valence-corrected chi connectivity index (χ0v) is 14.1. The largest absolute Gasteiger partial charge is 0.493 e. The maximum Gasteiger partial charge on any atom is 0.226 e. The summed E-state index contributed by atoms with van der Waals surface area (Å²) in [7, 11) is 3.30. The molecule has 0 aliphatic carbocycles. The van der Waals surface area contributed by atoms with Gasteiger partial charge >= 0.3 is 0 Å². The van der Waals surface area contributed by atoms with E-state index in [1.165, 1.54) is 11.1 Å². The lowest BCUT2D eigenvalue weighted by molar-refractivity contribution is -0.135. The molecule has 0 aromatic heterocycles. The van der Waals surface area contributed by atoms with Gasteiger partial charge in [-0.3, -0.25) is 4.79 Å². The van der Waals surface area contributed by atoms with Crippen LogP contribution in [0.5, 0.6) is 11.5 Å². The Morgan fingerprint density at radius 3 is 2.32 bits per heavy atom. The zero-order valence-electron chi connectivity index (χ0n) is 14.1. The maximum absolute atomic E-state index is 12.7. The van der Waals surface area contributed by atoms with Crippen LogP contribution in [0.4, 0.5) is 0 Å². The van der Waals surface area contributed by atoms with Crippen molar-refractivity contribution in [3.8, 4) is 11.5 Å². The lowest BCUT2D eigenvalue weighted by Gasteiger charge is -2.23. The van der Waals surface area contributed by atoms with Crippen molar-refractivity contribution in [2.45, 2.75) is 46.1 Å². The number of benzene rings is 1. The molecule has 1 unspecified atom stereocenters. The molecule has 1 amide bonds. The molecule has 1 atom stereocenters. The fourth-order valence-electron chi connectivity index (χ4n) is 3.14. The highest BCUT2D eigenvalue weighted by molar-refractivity contribution is 5.80. The van der Waals surface area contributed by atoms with E-state index in [-0.39, 0.29) is 11.8 Å². The van der Waals surface area contributed by atoms with Crippen molar-refractivity contribution < 1.29 is 14.3 Å². The molecule has 0 N–H and O–H groups in total. The number of unbranched alkanes of at least 4 members (excludes halogenated alkanes) is 1. The second-order valence-corrected chi connectivity index (χ2v) is 5.87. The number of nitrogens with zero attached hydrogens (tertiary/aromatic N) is 1. The van der Waals surface area contributed by atoms with E-state index < -0.39 is 0 Å². The van der Waals surface area contributed by atoms with E-state index in [9.17, 15) is 4.79 Å². The molecule has 4 heteroatoms. The summed E-state index contributed by atoms with van der Waals surface area (Å²) in [6, 6.07) is 4.06. The molecule has 1 aromatic carbocycles. The third-order valence-corrected chi connectivity index (χ3v) is 4.48. The molecule has 122 valence electrons. The van der Waals surface area contributed by atoms with Crippen molar-refractivity contribution in [3.05, 3.63) is 23.3 Å². The molecule has 4 nitrogen and oxygen atoms in total. The Morgan fingerprint density at radius 1 is 1.14 bits per heavy atom. The molecule has 1 aliphatic heterocycles. The SMILES string of the molecule is CCCCC1Cc2cc(OC)c(OC)cc2CN(CC)C1=O. The van der Waals surface area contributed by atoms with Crippen LogP contribution in [0.25, 0.3) is 0 Å². The number of rotatable bonds is 6. The Balaban J connectivity index is 2.39. The number of carbonyl (C=O) groups is 1. The van der Waals surface area contributed by atoms with Crippen molar-refractivity contribution in [2.75, 3.05) is 20.8 Å². The molecule has 0 bridgehead atoms. The summed E-state index contributed by atoms with van der Waals surface area (Å²) in [5, 5.41) is 0. The fraction of sp³-hybridized carbons (Fsp3) is 0.611. The number of ether oxygens (including phenoxy) is 2. The second kappa shape index (κ2) is 7.52. The van der Waals surface area contributed by atoms with Crippen molar-refractivity contribution >= 4 is 5.91 Å². The van der Waals surface area contributed by atoms with Gasteiger partial charge < -0.3 is 14.4 Å². The fourth-order valence-corrected chi connectivity index (χ4v) is 3.14. The lowest BCUT2D eigenvalue weighted by atomic mass is 9.92. The van der Waals surface area contributed by atoms with Gasteiger partial charge in [-0.05, 0) is 43.0 Å². The molecule has 0 radical (unpaired) electrons. The summed E-state index contributed by atoms with van der Waals surface area (Å²) in [5.41, 5.74) is 2.38. The van der Waals surface area contributed by atoms with Gasteiger partial charge in [0.2, 0.25) is 5.91 Å². The van der Waals surface area contributed by atoms with Crippen LogP contribution in [-0.4, -0.2) is 31.6 Å². The smallest absolute Gasteiger partial charge is 0.226 e. The predicted octanol–water partition coefficient (Wildman–Crippen LogP) is 3.41. The Labute approximate surface area is 133 Å². The van der Waals surface area contributed by atoms with Crippen LogP contribution in [-0.2, 0) is 17.8 Å². The zero-order chi connectivity index (χ0) is 16.1. The maximum atomic E-state index is 12.7.